The predicted molar refractivity (Wildman–Crippen MR) is 129 cm³/mol. The van der Waals surface area contributed by atoms with Crippen molar-refractivity contribution in [3.63, 3.8) is 0 Å². The van der Waals surface area contributed by atoms with Gasteiger partial charge >= 0.3 is 168 Å². The molecule has 0 N–H and O–H groups in total. The Bertz CT molecular complexity index is 1070. The van der Waals surface area contributed by atoms with E-state index in [4.69, 9.17) is 0 Å². The van der Waals surface area contributed by atoms with Gasteiger partial charge in [-0.15, -0.1) is 24.8 Å². The van der Waals surface area contributed by atoms with Crippen molar-refractivity contribution in [1.82, 2.24) is 0 Å². The summed E-state index contributed by atoms with van der Waals surface area (Å²) in [4.78, 5) is 0. The van der Waals surface area contributed by atoms with Crippen molar-refractivity contribution in [3.8, 4) is 11.1 Å². The fourth-order valence-electron chi connectivity index (χ4n) is 4.93. The second-order valence-corrected chi connectivity index (χ2v) is 24.8. The van der Waals surface area contributed by atoms with Crippen molar-refractivity contribution in [1.29, 1.82) is 0 Å². The topological polar surface area (TPSA) is 0 Å². The van der Waals surface area contributed by atoms with E-state index >= 15 is 0 Å². The third-order valence-corrected chi connectivity index (χ3v) is 23.6. The summed E-state index contributed by atoms with van der Waals surface area (Å²) < 4.78 is 3.65. The average molecular weight is 516 g/mol. The molecule has 3 aromatic rings. The van der Waals surface area contributed by atoms with E-state index in [-0.39, 0.29) is 24.8 Å². The van der Waals surface area contributed by atoms with Crippen LogP contribution in [0.3, 0.4) is 0 Å². The Labute approximate surface area is 191 Å². The maximum absolute atomic E-state index is 2.76. The van der Waals surface area contributed by atoms with Crippen LogP contribution in [0, 0.1) is 0 Å². The quantitative estimate of drug-likeness (QED) is 0.356. The Kier molecular flexibility index (Phi) is 7.23. The van der Waals surface area contributed by atoms with E-state index in [1.807, 2.05) is 0 Å². The zero-order valence-electron chi connectivity index (χ0n) is 16.3. The molecule has 3 aromatic carbocycles. The number of rotatable bonds is 4. The van der Waals surface area contributed by atoms with Crippen LogP contribution in [-0.2, 0) is 23.0 Å². The van der Waals surface area contributed by atoms with Crippen LogP contribution in [0.15, 0.2) is 100 Å². The first-order valence-corrected chi connectivity index (χ1v) is 20.0. The zero-order valence-corrected chi connectivity index (χ0v) is 21.8. The van der Waals surface area contributed by atoms with Gasteiger partial charge in [0.2, 0.25) is 0 Å². The Morgan fingerprint density at radius 3 is 1.86 bits per heavy atom. The number of fused-ring (bicyclic) bond motifs is 3. The first kappa shape index (κ1) is 22.5. The van der Waals surface area contributed by atoms with Crippen LogP contribution in [-0.4, -0.2) is 6.88 Å². The van der Waals surface area contributed by atoms with E-state index in [0.717, 1.165) is 6.42 Å². The summed E-state index contributed by atoms with van der Waals surface area (Å²) in [5.41, 5.74) is 7.59. The number of hydrogen-bond acceptors (Lipinski definition) is 0. The van der Waals surface area contributed by atoms with Crippen LogP contribution < -0.4 is 0 Å². The molecule has 0 bridgehead atoms. The fraction of sp³-hybridized carbons (Fsp3) is 0.120. The third kappa shape index (κ3) is 3.93. The standard InChI is InChI=1S/C13H9.C7H7.C5H5.2ClH.H2Si.Zr/c1-3-7-12-10(5-1)9-11-6-2-4-8-13(11)12;1-7-5-3-2-4-6-7;1-2-4-5-3-1;;;;/h1-9H;2-6H,1H2;1-3H,4H2;2*1H;1H2;. The van der Waals surface area contributed by atoms with Gasteiger partial charge in [0, 0.05) is 0 Å². The van der Waals surface area contributed by atoms with E-state index in [0.29, 0.717) is 3.63 Å². The second-order valence-electron chi connectivity index (χ2n) is 7.75. The van der Waals surface area contributed by atoms with Gasteiger partial charge in [0.1, 0.15) is 0 Å². The van der Waals surface area contributed by atoms with Gasteiger partial charge < -0.3 is 0 Å². The van der Waals surface area contributed by atoms with Crippen LogP contribution >= 0.6 is 24.8 Å². The van der Waals surface area contributed by atoms with E-state index in [9.17, 15) is 0 Å². The third-order valence-electron chi connectivity index (χ3n) is 6.16. The van der Waals surface area contributed by atoms with Gasteiger partial charge in [0.15, 0.2) is 0 Å². The molecule has 2 aliphatic carbocycles. The van der Waals surface area contributed by atoms with Crippen LogP contribution in [0.5, 0.6) is 0 Å². The first-order valence-electron chi connectivity index (χ1n) is 9.71. The monoisotopic (exact) mass is 513 g/mol. The molecule has 5 rings (SSSR count). The normalized spacial score (nSPS) is 16.1. The summed E-state index contributed by atoms with van der Waals surface area (Å²) in [6.45, 7) is 2.41. The molecule has 0 fully saturated rings. The number of allylic oxidation sites excluding steroid dienone is 4. The molecule has 4 heteroatoms. The Morgan fingerprint density at radius 1 is 0.759 bits per heavy atom. The molecule has 0 heterocycles. The van der Waals surface area contributed by atoms with Crippen molar-refractivity contribution < 1.29 is 18.9 Å². The molecule has 0 aliphatic heterocycles. The van der Waals surface area contributed by atoms with Crippen molar-refractivity contribution in [2.24, 2.45) is 0 Å². The summed E-state index contributed by atoms with van der Waals surface area (Å²) in [7, 11) is 0. The van der Waals surface area contributed by atoms with Crippen molar-refractivity contribution in [3.05, 3.63) is 117 Å². The van der Waals surface area contributed by atoms with E-state index < -0.39 is 18.9 Å². The fourth-order valence-corrected chi connectivity index (χ4v) is 21.6. The zero-order chi connectivity index (χ0) is 18.3. The Balaban J connectivity index is 0.00000120. The van der Waals surface area contributed by atoms with Crippen LogP contribution in [0.1, 0.15) is 26.7 Å². The number of benzene rings is 3. The summed E-state index contributed by atoms with van der Waals surface area (Å²) in [5, 5.41) is 0. The summed E-state index contributed by atoms with van der Waals surface area (Å²) in [5.74, 6) is 0. The van der Waals surface area contributed by atoms with Gasteiger partial charge in [-0.05, 0) is 0 Å². The SMILES string of the molecule is Cl.Cl.[SiH2]=[Zr]([CH2]c1ccccc1)([C]1=CC=CC1)[CH]1c2ccccc2-c2ccccc21. The predicted octanol–water partition coefficient (Wildman–Crippen LogP) is 6.35. The molecule has 0 saturated heterocycles. The molecular formula is C25H25Cl2SiZr. The first-order chi connectivity index (χ1) is 13.3. The molecule has 1 unspecified atom stereocenters. The van der Waals surface area contributed by atoms with Gasteiger partial charge in [0.05, 0.1) is 0 Å². The molecule has 0 aromatic heterocycles. The molecule has 29 heavy (non-hydrogen) atoms. The molecule has 1 atom stereocenters. The van der Waals surface area contributed by atoms with Gasteiger partial charge in [0.25, 0.3) is 0 Å². The molecule has 0 spiro atoms. The molecular weight excluding hydrogens is 490 g/mol. The molecule has 0 amide bonds. The minimum atomic E-state index is -2.76. The second kappa shape index (κ2) is 9.31. The van der Waals surface area contributed by atoms with Gasteiger partial charge in [-0.2, -0.15) is 0 Å². The van der Waals surface area contributed by atoms with E-state index in [1.54, 1.807) is 14.4 Å². The summed E-state index contributed by atoms with van der Waals surface area (Å²) in [6.07, 6.45) is 8.25. The summed E-state index contributed by atoms with van der Waals surface area (Å²) in [6, 6.07) is 29.5. The van der Waals surface area contributed by atoms with Crippen molar-refractivity contribution in [2.45, 2.75) is 14.2 Å². The van der Waals surface area contributed by atoms with E-state index in [1.165, 1.54) is 20.8 Å². The van der Waals surface area contributed by atoms with Crippen LogP contribution in [0.4, 0.5) is 0 Å². The molecule has 2 aliphatic rings. The molecule has 147 valence electrons. The Morgan fingerprint density at radius 2 is 1.31 bits per heavy atom. The van der Waals surface area contributed by atoms with Gasteiger partial charge in [-0.25, -0.2) is 0 Å². The number of hydrogen-bond donors (Lipinski definition) is 0. The minimum absolute atomic E-state index is 0. The average Bonchev–Trinajstić information content (AvgIpc) is 3.36. The molecule has 0 saturated carbocycles. The van der Waals surface area contributed by atoms with Gasteiger partial charge in [-0.1, -0.05) is 0 Å². The van der Waals surface area contributed by atoms with Gasteiger partial charge in [-0.3, -0.25) is 0 Å². The van der Waals surface area contributed by atoms with Crippen LogP contribution in [0.25, 0.3) is 11.1 Å². The molecule has 0 nitrogen and oxygen atoms in total. The molecule has 0 radical (unpaired) electrons. The maximum atomic E-state index is 2.45. The van der Waals surface area contributed by atoms with Crippen LogP contribution in [0.2, 0.25) is 0 Å². The van der Waals surface area contributed by atoms with Crippen molar-refractivity contribution >= 4 is 31.7 Å². The van der Waals surface area contributed by atoms with E-state index in [2.05, 4.69) is 104 Å². The number of halogens is 2. The van der Waals surface area contributed by atoms with Crippen molar-refractivity contribution in [2.75, 3.05) is 0 Å². The Hall–Kier alpha value is -1.18. The summed E-state index contributed by atoms with van der Waals surface area (Å²) >= 11 is -2.76.